The number of aromatic nitrogens is 4. The van der Waals surface area contributed by atoms with Crippen molar-refractivity contribution in [3.63, 3.8) is 0 Å². The molecule has 0 bridgehead atoms. The number of fused-ring (bicyclic) bond motifs is 1. The van der Waals surface area contributed by atoms with E-state index < -0.39 is 30.5 Å². The van der Waals surface area contributed by atoms with Crippen molar-refractivity contribution < 1.29 is 24.9 Å². The van der Waals surface area contributed by atoms with Crippen LogP contribution in [0.5, 0.6) is 0 Å². The number of aliphatic hydroxyl groups excluding tert-OH is 2. The Morgan fingerprint density at radius 2 is 1.92 bits per heavy atom. The second-order valence-corrected chi connectivity index (χ2v) is 9.49. The number of hydrogen-bond donors (Lipinski definition) is 5. The Balaban J connectivity index is 1.34. The van der Waals surface area contributed by atoms with Crippen LogP contribution >= 0.6 is 11.6 Å². The Morgan fingerprint density at radius 1 is 1.14 bits per heavy atom. The minimum absolute atomic E-state index is 0.0436. The maximum atomic E-state index is 11.0. The van der Waals surface area contributed by atoms with Crippen molar-refractivity contribution >= 4 is 34.6 Å². The first-order valence-corrected chi connectivity index (χ1v) is 12.5. The van der Waals surface area contributed by atoms with E-state index in [1.54, 1.807) is 0 Å². The van der Waals surface area contributed by atoms with Crippen molar-refractivity contribution in [1.29, 1.82) is 0 Å². The molecular formula is C24H32ClN7O5. The number of nitrogens with two attached hydrogens (primary N) is 1. The molecule has 0 saturated carbocycles. The van der Waals surface area contributed by atoms with E-state index in [0.717, 1.165) is 13.0 Å². The van der Waals surface area contributed by atoms with E-state index in [2.05, 4.69) is 20.3 Å². The third-order valence-electron chi connectivity index (χ3n) is 6.41. The molecular weight excluding hydrogens is 502 g/mol. The number of aliphatic carboxylic acids is 1. The van der Waals surface area contributed by atoms with E-state index in [0.29, 0.717) is 48.8 Å². The lowest BCUT2D eigenvalue weighted by Gasteiger charge is -2.26. The lowest BCUT2D eigenvalue weighted by atomic mass is 10.1. The van der Waals surface area contributed by atoms with Crippen LogP contribution in [0.4, 0.5) is 5.82 Å². The molecule has 3 aromatic rings. The van der Waals surface area contributed by atoms with Gasteiger partial charge < -0.3 is 31.1 Å². The molecule has 0 spiro atoms. The molecule has 4 rings (SSSR count). The molecule has 0 aliphatic carbocycles. The van der Waals surface area contributed by atoms with E-state index >= 15 is 0 Å². The van der Waals surface area contributed by atoms with Crippen LogP contribution < -0.4 is 11.1 Å². The fraction of sp³-hybridized carbons (Fsp3) is 0.500. The summed E-state index contributed by atoms with van der Waals surface area (Å²) in [5, 5.41) is 34.6. The van der Waals surface area contributed by atoms with Gasteiger partial charge in [-0.1, -0.05) is 23.7 Å². The van der Waals surface area contributed by atoms with Crippen LogP contribution in [0.2, 0.25) is 5.02 Å². The molecule has 6 N–H and O–H groups in total. The number of benzene rings is 1. The van der Waals surface area contributed by atoms with Crippen LogP contribution in [-0.4, -0.2) is 96.7 Å². The molecule has 2 aromatic heterocycles. The van der Waals surface area contributed by atoms with Gasteiger partial charge >= 0.3 is 5.97 Å². The zero-order valence-corrected chi connectivity index (χ0v) is 21.0. The summed E-state index contributed by atoms with van der Waals surface area (Å²) < 4.78 is 7.60. The summed E-state index contributed by atoms with van der Waals surface area (Å²) in [6.07, 6.45) is 0.135. The number of hydrogen-bond acceptors (Lipinski definition) is 10. The second-order valence-electron chi connectivity index (χ2n) is 9.05. The van der Waals surface area contributed by atoms with Crippen molar-refractivity contribution in [1.82, 2.24) is 29.7 Å². The summed E-state index contributed by atoms with van der Waals surface area (Å²) in [4.78, 5) is 25.4. The number of ether oxygens (including phenoxy) is 1. The van der Waals surface area contributed by atoms with Crippen molar-refractivity contribution in [3.05, 3.63) is 47.5 Å². The number of anilines is 1. The van der Waals surface area contributed by atoms with Crippen LogP contribution in [0.15, 0.2) is 36.9 Å². The minimum atomic E-state index is -1.21. The summed E-state index contributed by atoms with van der Waals surface area (Å²) in [7, 11) is 0. The van der Waals surface area contributed by atoms with Crippen LogP contribution in [-0.2, 0) is 16.0 Å². The van der Waals surface area contributed by atoms with Crippen molar-refractivity contribution in [2.24, 2.45) is 0 Å². The average Bonchev–Trinajstić information content (AvgIpc) is 3.42. The van der Waals surface area contributed by atoms with Crippen LogP contribution in [0.25, 0.3) is 11.2 Å². The zero-order valence-electron chi connectivity index (χ0n) is 20.3. The van der Waals surface area contributed by atoms with Gasteiger partial charge in [0.1, 0.15) is 30.2 Å². The Bertz CT molecular complexity index is 1180. The van der Waals surface area contributed by atoms with Crippen LogP contribution in [0, 0.1) is 0 Å². The van der Waals surface area contributed by atoms with Gasteiger partial charge in [0.2, 0.25) is 0 Å². The third kappa shape index (κ3) is 6.92. The number of nitrogens with zero attached hydrogens (tertiary/aromatic N) is 5. The van der Waals surface area contributed by atoms with Gasteiger partial charge in [-0.15, -0.1) is 0 Å². The number of halogens is 1. The van der Waals surface area contributed by atoms with Gasteiger partial charge in [-0.25, -0.2) is 15.0 Å². The van der Waals surface area contributed by atoms with Gasteiger partial charge in [0.15, 0.2) is 17.7 Å². The van der Waals surface area contributed by atoms with E-state index in [4.69, 9.17) is 27.2 Å². The zero-order chi connectivity index (χ0) is 26.4. The van der Waals surface area contributed by atoms with E-state index in [1.165, 1.54) is 22.8 Å². The fourth-order valence-corrected chi connectivity index (χ4v) is 4.54. The highest BCUT2D eigenvalue weighted by atomic mass is 35.5. The van der Waals surface area contributed by atoms with E-state index in [9.17, 15) is 15.0 Å². The summed E-state index contributed by atoms with van der Waals surface area (Å²) in [5.41, 5.74) is 7.82. The summed E-state index contributed by atoms with van der Waals surface area (Å²) >= 11 is 5.93. The highest BCUT2D eigenvalue weighted by Gasteiger charge is 2.44. The highest BCUT2D eigenvalue weighted by molar-refractivity contribution is 6.30. The number of aliphatic hydroxyl groups is 2. The number of rotatable bonds is 13. The lowest BCUT2D eigenvalue weighted by Crippen LogP contribution is -2.43. The fourth-order valence-electron chi connectivity index (χ4n) is 4.41. The molecule has 1 aromatic carbocycles. The first-order valence-electron chi connectivity index (χ1n) is 12.2. The van der Waals surface area contributed by atoms with Gasteiger partial charge in [-0.05, 0) is 43.6 Å². The average molecular weight is 534 g/mol. The number of nitrogen functional groups attached to an aromatic ring is 1. The largest absolute Gasteiger partial charge is 0.481 e. The summed E-state index contributed by atoms with van der Waals surface area (Å²) in [6.45, 7) is 2.88. The Kier molecular flexibility index (Phi) is 9.24. The molecule has 200 valence electrons. The lowest BCUT2D eigenvalue weighted by molar-refractivity contribution is -0.137. The molecule has 0 radical (unpaired) electrons. The predicted molar refractivity (Wildman–Crippen MR) is 137 cm³/mol. The van der Waals surface area contributed by atoms with Crippen LogP contribution in [0.1, 0.15) is 24.6 Å². The first-order chi connectivity index (χ1) is 17.8. The maximum absolute atomic E-state index is 11.0. The molecule has 3 heterocycles. The third-order valence-corrected chi connectivity index (χ3v) is 6.66. The molecule has 0 unspecified atom stereocenters. The Morgan fingerprint density at radius 3 is 2.68 bits per heavy atom. The smallest absolute Gasteiger partial charge is 0.303 e. The van der Waals surface area contributed by atoms with Gasteiger partial charge in [-0.3, -0.25) is 14.3 Å². The monoisotopic (exact) mass is 533 g/mol. The first kappa shape index (κ1) is 27.2. The minimum Gasteiger partial charge on any atom is -0.481 e. The standard InChI is InChI=1S/C24H32ClN7O5/c25-16-5-3-15(4-6-16)7-8-27-9-11-31(10-1-2-18(33)34)12-17-20(35)21(36)24(37-17)32-14-30-19-22(26)28-13-29-23(19)32/h3-6,13-14,17,20-21,24,27,35-36H,1-2,7-12H2,(H,33,34)(H2,26,28,29)/t17-,20-,21-,24-/m1/s1. The van der Waals surface area contributed by atoms with Gasteiger partial charge in [-0.2, -0.15) is 0 Å². The van der Waals surface area contributed by atoms with Crippen molar-refractivity contribution in [2.75, 3.05) is 38.5 Å². The number of carbonyl (C=O) groups is 1. The van der Waals surface area contributed by atoms with Crippen molar-refractivity contribution in [3.8, 4) is 0 Å². The SMILES string of the molecule is Nc1ncnc2c1ncn2[C@@H]1O[C@H](CN(CCCC(=O)O)CCNCCc2ccc(Cl)cc2)[C@@H](O)[C@H]1O. The molecule has 1 saturated heterocycles. The summed E-state index contributed by atoms with van der Waals surface area (Å²) in [6, 6.07) is 7.72. The molecule has 0 amide bonds. The number of imidazole rings is 1. The molecule has 12 nitrogen and oxygen atoms in total. The molecule has 4 atom stereocenters. The Labute approximate surface area is 219 Å². The van der Waals surface area contributed by atoms with Crippen molar-refractivity contribution in [2.45, 2.75) is 43.8 Å². The topological polar surface area (TPSA) is 172 Å². The van der Waals surface area contributed by atoms with E-state index in [-0.39, 0.29) is 12.2 Å². The number of carboxylic acid groups (broad SMARTS) is 1. The quantitative estimate of drug-likeness (QED) is 0.195. The number of nitrogens with one attached hydrogen (secondary N) is 1. The summed E-state index contributed by atoms with van der Waals surface area (Å²) in [5.74, 6) is -0.650. The molecule has 13 heteroatoms. The molecule has 1 aliphatic rings. The Hall–Kier alpha value is -2.87. The molecule has 37 heavy (non-hydrogen) atoms. The van der Waals surface area contributed by atoms with E-state index in [1.807, 2.05) is 29.2 Å². The number of carboxylic acids is 1. The molecule has 1 aliphatic heterocycles. The predicted octanol–water partition coefficient (Wildman–Crippen LogP) is 0.680. The highest BCUT2D eigenvalue weighted by Crippen LogP contribution is 2.32. The van der Waals surface area contributed by atoms with Gasteiger partial charge in [0, 0.05) is 31.1 Å². The van der Waals surface area contributed by atoms with Gasteiger partial charge in [0.25, 0.3) is 0 Å². The normalized spacial score (nSPS) is 21.7. The second kappa shape index (κ2) is 12.6. The maximum Gasteiger partial charge on any atom is 0.303 e. The molecule has 1 fully saturated rings. The van der Waals surface area contributed by atoms with Crippen LogP contribution in [0.3, 0.4) is 0 Å². The van der Waals surface area contributed by atoms with Gasteiger partial charge in [0.05, 0.1) is 6.33 Å².